The van der Waals surface area contributed by atoms with Crippen LogP contribution < -0.4 is 10.1 Å². The molecule has 21 heavy (non-hydrogen) atoms. The van der Waals surface area contributed by atoms with Crippen LogP contribution in [-0.4, -0.2) is 13.7 Å². The van der Waals surface area contributed by atoms with Crippen LogP contribution in [0.15, 0.2) is 28.1 Å². The van der Waals surface area contributed by atoms with E-state index in [1.807, 2.05) is 0 Å². The summed E-state index contributed by atoms with van der Waals surface area (Å²) in [6.45, 7) is 7.42. The lowest BCUT2D eigenvalue weighted by Crippen LogP contribution is -2.24. The number of rotatable bonds is 6. The van der Waals surface area contributed by atoms with Crippen LogP contribution in [0, 0.1) is 13.8 Å². The van der Waals surface area contributed by atoms with E-state index in [4.69, 9.17) is 4.74 Å². The van der Waals surface area contributed by atoms with Gasteiger partial charge in [0.2, 0.25) is 0 Å². The quantitative estimate of drug-likeness (QED) is 0.754. The van der Waals surface area contributed by atoms with Crippen LogP contribution >= 0.6 is 27.3 Å². The fourth-order valence-electron chi connectivity index (χ4n) is 2.58. The molecule has 1 aromatic heterocycles. The molecule has 1 N–H and O–H groups in total. The van der Waals surface area contributed by atoms with Crippen LogP contribution in [0.25, 0.3) is 0 Å². The standard InChI is InChI=1S/C17H22BrNOS/c1-5-8-19-16(14-7-6-9-21-14)15-12(3)13(18)10-11(2)17(15)20-4/h6-7,9-10,16,19H,5,8H2,1-4H3. The van der Waals surface area contributed by atoms with E-state index in [-0.39, 0.29) is 6.04 Å². The van der Waals surface area contributed by atoms with Crippen molar-refractivity contribution in [1.82, 2.24) is 5.32 Å². The number of halogens is 1. The van der Waals surface area contributed by atoms with E-state index in [0.29, 0.717) is 0 Å². The summed E-state index contributed by atoms with van der Waals surface area (Å²) in [6, 6.07) is 6.60. The van der Waals surface area contributed by atoms with E-state index in [1.54, 1.807) is 18.4 Å². The number of benzene rings is 1. The van der Waals surface area contributed by atoms with Crippen molar-refractivity contribution in [1.29, 1.82) is 0 Å². The first-order valence-electron chi connectivity index (χ1n) is 7.20. The van der Waals surface area contributed by atoms with Crippen molar-refractivity contribution in [2.75, 3.05) is 13.7 Å². The van der Waals surface area contributed by atoms with Gasteiger partial charge in [0.1, 0.15) is 5.75 Å². The Balaban J connectivity index is 2.58. The second-order valence-electron chi connectivity index (χ2n) is 5.15. The highest BCUT2D eigenvalue weighted by atomic mass is 79.9. The average molecular weight is 368 g/mol. The number of hydrogen-bond donors (Lipinski definition) is 1. The van der Waals surface area contributed by atoms with Gasteiger partial charge in [-0.15, -0.1) is 11.3 Å². The molecule has 0 aliphatic rings. The Morgan fingerprint density at radius 1 is 1.38 bits per heavy atom. The molecule has 0 saturated heterocycles. The zero-order valence-electron chi connectivity index (χ0n) is 13.0. The molecule has 4 heteroatoms. The summed E-state index contributed by atoms with van der Waals surface area (Å²) < 4.78 is 6.85. The molecule has 2 aromatic rings. The Bertz CT molecular complexity index is 595. The van der Waals surface area contributed by atoms with E-state index >= 15 is 0 Å². The van der Waals surface area contributed by atoms with E-state index in [9.17, 15) is 0 Å². The van der Waals surface area contributed by atoms with Gasteiger partial charge in [0.05, 0.1) is 13.2 Å². The summed E-state index contributed by atoms with van der Waals surface area (Å²) in [5.74, 6) is 0.984. The smallest absolute Gasteiger partial charge is 0.127 e. The SMILES string of the molecule is CCCNC(c1cccs1)c1c(C)c(Br)cc(C)c1OC. The molecule has 2 rings (SSSR count). The largest absolute Gasteiger partial charge is 0.496 e. The normalized spacial score (nSPS) is 12.4. The summed E-state index contributed by atoms with van der Waals surface area (Å²) >= 11 is 5.46. The van der Waals surface area contributed by atoms with Gasteiger partial charge in [-0.05, 0) is 55.5 Å². The van der Waals surface area contributed by atoms with Crippen LogP contribution in [0.5, 0.6) is 5.75 Å². The topological polar surface area (TPSA) is 21.3 Å². The molecule has 0 amide bonds. The number of methoxy groups -OCH3 is 1. The minimum Gasteiger partial charge on any atom is -0.496 e. The maximum Gasteiger partial charge on any atom is 0.127 e. The Morgan fingerprint density at radius 3 is 2.71 bits per heavy atom. The minimum absolute atomic E-state index is 0.177. The zero-order valence-corrected chi connectivity index (χ0v) is 15.4. The predicted molar refractivity (Wildman–Crippen MR) is 94.6 cm³/mol. The zero-order chi connectivity index (χ0) is 15.4. The molecule has 2 nitrogen and oxygen atoms in total. The first-order chi connectivity index (χ1) is 10.1. The molecular formula is C17H22BrNOS. The van der Waals surface area contributed by atoms with Crippen molar-refractivity contribution in [3.05, 3.63) is 49.6 Å². The lowest BCUT2D eigenvalue weighted by molar-refractivity contribution is 0.400. The van der Waals surface area contributed by atoms with Gasteiger partial charge in [0.25, 0.3) is 0 Å². The number of thiophene rings is 1. The van der Waals surface area contributed by atoms with Crippen molar-refractivity contribution >= 4 is 27.3 Å². The van der Waals surface area contributed by atoms with Crippen molar-refractivity contribution in [3.63, 3.8) is 0 Å². The van der Waals surface area contributed by atoms with Crippen LogP contribution in [0.1, 0.15) is 41.0 Å². The average Bonchev–Trinajstić information content (AvgIpc) is 2.98. The number of hydrogen-bond acceptors (Lipinski definition) is 3. The molecule has 0 radical (unpaired) electrons. The van der Waals surface area contributed by atoms with Gasteiger partial charge in [-0.25, -0.2) is 0 Å². The van der Waals surface area contributed by atoms with Gasteiger partial charge in [-0.2, -0.15) is 0 Å². The third kappa shape index (κ3) is 3.50. The second-order valence-corrected chi connectivity index (χ2v) is 6.98. The van der Waals surface area contributed by atoms with E-state index in [1.165, 1.54) is 16.0 Å². The van der Waals surface area contributed by atoms with Gasteiger partial charge >= 0.3 is 0 Å². The van der Waals surface area contributed by atoms with Crippen molar-refractivity contribution in [2.45, 2.75) is 33.2 Å². The summed E-state index contributed by atoms with van der Waals surface area (Å²) in [6.07, 6.45) is 1.11. The van der Waals surface area contributed by atoms with Gasteiger partial charge < -0.3 is 10.1 Å². The molecule has 0 aliphatic carbocycles. The fraction of sp³-hybridized carbons (Fsp3) is 0.412. The maximum absolute atomic E-state index is 5.71. The molecular weight excluding hydrogens is 346 g/mol. The molecule has 1 aromatic carbocycles. The molecule has 0 spiro atoms. The first-order valence-corrected chi connectivity index (χ1v) is 8.87. The minimum atomic E-state index is 0.177. The van der Waals surface area contributed by atoms with Gasteiger partial charge in [-0.3, -0.25) is 0 Å². The second kappa shape index (κ2) is 7.43. The highest BCUT2D eigenvalue weighted by Gasteiger charge is 2.23. The molecule has 0 aliphatic heterocycles. The van der Waals surface area contributed by atoms with E-state index in [0.717, 1.165) is 28.8 Å². The summed E-state index contributed by atoms with van der Waals surface area (Å²) in [4.78, 5) is 1.32. The lowest BCUT2D eigenvalue weighted by atomic mass is 9.96. The molecule has 1 atom stereocenters. The molecule has 0 bridgehead atoms. The number of ether oxygens (including phenoxy) is 1. The van der Waals surface area contributed by atoms with E-state index < -0.39 is 0 Å². The van der Waals surface area contributed by atoms with Crippen LogP contribution in [0.4, 0.5) is 0 Å². The van der Waals surface area contributed by atoms with Gasteiger partial charge in [-0.1, -0.05) is 28.9 Å². The highest BCUT2D eigenvalue weighted by molar-refractivity contribution is 9.10. The first kappa shape index (κ1) is 16.5. The third-order valence-corrected chi connectivity index (χ3v) is 5.39. The predicted octanol–water partition coefficient (Wildman–Crippen LogP) is 5.23. The highest BCUT2D eigenvalue weighted by Crippen LogP contribution is 2.39. The van der Waals surface area contributed by atoms with Crippen molar-refractivity contribution in [2.24, 2.45) is 0 Å². The summed E-state index contributed by atoms with van der Waals surface area (Å²) in [5, 5.41) is 5.80. The molecule has 1 heterocycles. The van der Waals surface area contributed by atoms with E-state index in [2.05, 4.69) is 65.6 Å². The molecule has 0 saturated carbocycles. The Hall–Kier alpha value is -0.840. The monoisotopic (exact) mass is 367 g/mol. The summed E-state index contributed by atoms with van der Waals surface area (Å²) in [5.41, 5.74) is 3.63. The third-order valence-electron chi connectivity index (χ3n) is 3.63. The van der Waals surface area contributed by atoms with Gasteiger partial charge in [0.15, 0.2) is 0 Å². The Labute approximate surface area is 139 Å². The molecule has 1 unspecified atom stereocenters. The Morgan fingerprint density at radius 2 is 2.14 bits per heavy atom. The number of aryl methyl sites for hydroxylation is 1. The lowest BCUT2D eigenvalue weighted by Gasteiger charge is -2.24. The Kier molecular flexibility index (Phi) is 5.85. The van der Waals surface area contributed by atoms with Crippen LogP contribution in [-0.2, 0) is 0 Å². The maximum atomic E-state index is 5.71. The summed E-state index contributed by atoms with van der Waals surface area (Å²) in [7, 11) is 1.75. The number of nitrogens with one attached hydrogen (secondary N) is 1. The van der Waals surface area contributed by atoms with Crippen LogP contribution in [0.2, 0.25) is 0 Å². The van der Waals surface area contributed by atoms with Gasteiger partial charge in [0, 0.05) is 14.9 Å². The molecule has 114 valence electrons. The van der Waals surface area contributed by atoms with Crippen molar-refractivity contribution < 1.29 is 4.74 Å². The molecule has 0 fully saturated rings. The van der Waals surface area contributed by atoms with Crippen LogP contribution in [0.3, 0.4) is 0 Å². The fourth-order valence-corrected chi connectivity index (χ4v) is 3.95. The van der Waals surface area contributed by atoms with Crippen molar-refractivity contribution in [3.8, 4) is 5.75 Å².